The van der Waals surface area contributed by atoms with Crippen LogP contribution in [0.15, 0.2) is 36.0 Å². The van der Waals surface area contributed by atoms with Gasteiger partial charge < -0.3 is 10.6 Å². The molecule has 0 saturated heterocycles. The molecule has 0 fully saturated rings. The molecule has 0 aliphatic carbocycles. The topological polar surface area (TPSA) is 88.7 Å². The normalized spacial score (nSPS) is 9.85. The van der Waals surface area contributed by atoms with E-state index in [-0.39, 0.29) is 11.5 Å². The maximum absolute atomic E-state index is 11.8. The van der Waals surface area contributed by atoms with Crippen LogP contribution in [-0.2, 0) is 4.79 Å². The highest BCUT2D eigenvalue weighted by atomic mass is 16.2. The Morgan fingerprint density at radius 2 is 1.60 bits per heavy atom. The fourth-order valence-electron chi connectivity index (χ4n) is 1.21. The summed E-state index contributed by atoms with van der Waals surface area (Å²) in [5.41, 5.74) is 0.964. The number of amides is 1. The number of nitrogens with zero attached hydrogens (tertiary/aromatic N) is 2. The zero-order valence-electron chi connectivity index (χ0n) is 11.7. The highest BCUT2D eigenvalue weighted by Crippen LogP contribution is 2.19. The fraction of sp³-hybridized carbons (Fsp3) is 0.267. The maximum atomic E-state index is 11.8. The molecule has 5 heteroatoms. The van der Waals surface area contributed by atoms with Crippen molar-refractivity contribution in [1.29, 1.82) is 10.5 Å². The van der Waals surface area contributed by atoms with E-state index in [0.717, 1.165) is 5.69 Å². The Morgan fingerprint density at radius 1 is 1.10 bits per heavy atom. The Labute approximate surface area is 118 Å². The minimum atomic E-state index is -0.450. The molecule has 0 aromatic heterocycles. The molecule has 1 amide bonds. The lowest BCUT2D eigenvalue weighted by Gasteiger charge is -2.17. The molecule has 102 valence electrons. The fourth-order valence-corrected chi connectivity index (χ4v) is 1.21. The zero-order chi connectivity index (χ0) is 15.2. The van der Waals surface area contributed by atoms with Crippen molar-refractivity contribution in [2.24, 2.45) is 5.41 Å². The first-order valence-corrected chi connectivity index (χ1v) is 6.05. The van der Waals surface area contributed by atoms with Crippen LogP contribution in [0, 0.1) is 28.1 Å². The van der Waals surface area contributed by atoms with Crippen LogP contribution in [-0.4, -0.2) is 5.91 Å². The van der Waals surface area contributed by atoms with E-state index in [9.17, 15) is 4.79 Å². The summed E-state index contributed by atoms with van der Waals surface area (Å²) < 4.78 is 0. The van der Waals surface area contributed by atoms with Gasteiger partial charge in [-0.1, -0.05) is 20.8 Å². The molecule has 0 unspecified atom stereocenters. The Kier molecular flexibility index (Phi) is 4.88. The number of carbonyl (C=O) groups excluding carboxylic acids is 1. The second-order valence-electron chi connectivity index (χ2n) is 5.21. The average molecular weight is 268 g/mol. The van der Waals surface area contributed by atoms with Gasteiger partial charge in [0.25, 0.3) is 0 Å². The highest BCUT2D eigenvalue weighted by Gasteiger charge is 2.20. The number of rotatable bonds is 3. The SMILES string of the molecule is CC(C)(C)C(=O)Nc1ccc(NC=C(C#N)C#N)cc1. The first kappa shape index (κ1) is 15.3. The third kappa shape index (κ3) is 4.47. The van der Waals surface area contributed by atoms with Gasteiger partial charge in [0.1, 0.15) is 17.7 Å². The van der Waals surface area contributed by atoms with Gasteiger partial charge in [-0.3, -0.25) is 4.79 Å². The van der Waals surface area contributed by atoms with Crippen molar-refractivity contribution in [1.82, 2.24) is 0 Å². The Balaban J connectivity index is 2.71. The lowest BCUT2D eigenvalue weighted by Crippen LogP contribution is -2.27. The number of nitriles is 2. The summed E-state index contributed by atoms with van der Waals surface area (Å²) >= 11 is 0. The van der Waals surface area contributed by atoms with Crippen molar-refractivity contribution in [3.8, 4) is 12.1 Å². The van der Waals surface area contributed by atoms with Gasteiger partial charge in [0, 0.05) is 23.0 Å². The maximum Gasteiger partial charge on any atom is 0.229 e. The summed E-state index contributed by atoms with van der Waals surface area (Å²) in [4.78, 5) is 11.8. The molecule has 5 nitrogen and oxygen atoms in total. The molecule has 0 heterocycles. The van der Waals surface area contributed by atoms with Gasteiger partial charge in [0.05, 0.1) is 0 Å². The van der Waals surface area contributed by atoms with Gasteiger partial charge in [0.15, 0.2) is 0 Å². The molecule has 20 heavy (non-hydrogen) atoms. The number of benzene rings is 1. The molecule has 1 aromatic carbocycles. The summed E-state index contributed by atoms with van der Waals surface area (Å²) in [6.07, 6.45) is 1.34. The molecule has 1 rings (SSSR count). The van der Waals surface area contributed by atoms with E-state index in [0.29, 0.717) is 5.69 Å². The average Bonchev–Trinajstić information content (AvgIpc) is 2.40. The van der Waals surface area contributed by atoms with E-state index in [1.807, 2.05) is 20.8 Å². The Morgan fingerprint density at radius 3 is 2.05 bits per heavy atom. The standard InChI is InChI=1S/C15H16N4O/c1-15(2,3)14(20)19-13-6-4-12(5-7-13)18-10-11(8-16)9-17/h4-7,10,18H,1-3H3,(H,19,20). The molecule has 2 N–H and O–H groups in total. The first-order chi connectivity index (χ1) is 9.36. The molecule has 0 saturated carbocycles. The minimum Gasteiger partial charge on any atom is -0.360 e. The molecule has 0 aliphatic rings. The minimum absolute atomic E-state index is 0.00453. The van der Waals surface area contributed by atoms with Crippen LogP contribution in [0.25, 0.3) is 0 Å². The highest BCUT2D eigenvalue weighted by molar-refractivity contribution is 5.94. The third-order valence-corrected chi connectivity index (χ3v) is 2.45. The number of hydrogen-bond donors (Lipinski definition) is 2. The van der Waals surface area contributed by atoms with Crippen molar-refractivity contribution in [3.05, 3.63) is 36.0 Å². The lowest BCUT2D eigenvalue weighted by molar-refractivity contribution is -0.123. The molecule has 0 spiro atoms. The second kappa shape index (κ2) is 6.40. The van der Waals surface area contributed by atoms with E-state index >= 15 is 0 Å². The monoisotopic (exact) mass is 268 g/mol. The molecule has 0 aliphatic heterocycles. The van der Waals surface area contributed by atoms with Gasteiger partial charge in [-0.05, 0) is 24.3 Å². The van der Waals surface area contributed by atoms with E-state index in [4.69, 9.17) is 10.5 Å². The quantitative estimate of drug-likeness (QED) is 0.825. The van der Waals surface area contributed by atoms with Crippen molar-refractivity contribution in [3.63, 3.8) is 0 Å². The van der Waals surface area contributed by atoms with Crippen molar-refractivity contribution in [2.75, 3.05) is 10.6 Å². The summed E-state index contributed by atoms with van der Waals surface area (Å²) in [7, 11) is 0. The van der Waals surface area contributed by atoms with Gasteiger partial charge in [-0.25, -0.2) is 0 Å². The van der Waals surface area contributed by atoms with Gasteiger partial charge >= 0.3 is 0 Å². The summed E-state index contributed by atoms with van der Waals surface area (Å²) in [5, 5.41) is 22.8. The van der Waals surface area contributed by atoms with E-state index in [1.54, 1.807) is 36.4 Å². The first-order valence-electron chi connectivity index (χ1n) is 6.05. The van der Waals surface area contributed by atoms with Crippen LogP contribution in [0.1, 0.15) is 20.8 Å². The third-order valence-electron chi connectivity index (χ3n) is 2.45. The molecule has 0 atom stereocenters. The largest absolute Gasteiger partial charge is 0.360 e. The van der Waals surface area contributed by atoms with Crippen LogP contribution >= 0.6 is 0 Å². The lowest BCUT2D eigenvalue weighted by atomic mass is 9.95. The van der Waals surface area contributed by atoms with Gasteiger partial charge in [-0.15, -0.1) is 0 Å². The molecule has 0 bridgehead atoms. The molecule has 0 radical (unpaired) electrons. The molecular formula is C15H16N4O. The van der Waals surface area contributed by atoms with Crippen LogP contribution in [0.4, 0.5) is 11.4 Å². The van der Waals surface area contributed by atoms with Crippen LogP contribution in [0.2, 0.25) is 0 Å². The van der Waals surface area contributed by atoms with Crippen molar-refractivity contribution < 1.29 is 4.79 Å². The van der Waals surface area contributed by atoms with Crippen LogP contribution in [0.3, 0.4) is 0 Å². The van der Waals surface area contributed by atoms with Gasteiger partial charge in [0.2, 0.25) is 5.91 Å². The predicted molar refractivity (Wildman–Crippen MR) is 77.5 cm³/mol. The molecule has 1 aromatic rings. The van der Waals surface area contributed by atoms with E-state index < -0.39 is 5.41 Å². The summed E-state index contributed by atoms with van der Waals surface area (Å²) in [6, 6.07) is 10.5. The van der Waals surface area contributed by atoms with Crippen molar-refractivity contribution in [2.45, 2.75) is 20.8 Å². The number of carbonyl (C=O) groups is 1. The second-order valence-corrected chi connectivity index (χ2v) is 5.21. The van der Waals surface area contributed by atoms with Crippen LogP contribution in [0.5, 0.6) is 0 Å². The van der Waals surface area contributed by atoms with Crippen LogP contribution < -0.4 is 10.6 Å². The smallest absolute Gasteiger partial charge is 0.229 e. The Bertz CT molecular complexity index is 579. The van der Waals surface area contributed by atoms with E-state index in [2.05, 4.69) is 10.6 Å². The number of anilines is 2. The van der Waals surface area contributed by atoms with Gasteiger partial charge in [-0.2, -0.15) is 10.5 Å². The van der Waals surface area contributed by atoms with E-state index in [1.165, 1.54) is 6.20 Å². The predicted octanol–water partition coefficient (Wildman–Crippen LogP) is 3.01. The summed E-state index contributed by atoms with van der Waals surface area (Å²) in [5.74, 6) is -0.0608. The Hall–Kier alpha value is -2.79. The number of nitrogens with one attached hydrogen (secondary N) is 2. The van der Waals surface area contributed by atoms with Crippen molar-refractivity contribution >= 4 is 17.3 Å². The summed E-state index contributed by atoms with van der Waals surface area (Å²) in [6.45, 7) is 5.52. The number of hydrogen-bond acceptors (Lipinski definition) is 4. The zero-order valence-corrected chi connectivity index (χ0v) is 11.7. The number of allylic oxidation sites excluding steroid dienone is 1. The molecular weight excluding hydrogens is 252 g/mol.